The first-order chi connectivity index (χ1) is 9.57. The minimum atomic E-state index is -0.557. The van der Waals surface area contributed by atoms with Gasteiger partial charge in [-0.2, -0.15) is 0 Å². The van der Waals surface area contributed by atoms with Crippen molar-refractivity contribution in [1.29, 1.82) is 0 Å². The number of rotatable bonds is 3. The van der Waals surface area contributed by atoms with Gasteiger partial charge in [0.1, 0.15) is 5.75 Å². The third kappa shape index (κ3) is 2.03. The number of ether oxygens (including phenoxy) is 1. The van der Waals surface area contributed by atoms with Crippen molar-refractivity contribution in [2.24, 2.45) is 0 Å². The molecule has 2 heterocycles. The molecule has 1 aromatic carbocycles. The highest BCUT2D eigenvalue weighted by molar-refractivity contribution is 6.17. The monoisotopic (exact) mass is 294 g/mol. The number of urea groups is 1. The molecular formula is C15H19ClN2O2. The van der Waals surface area contributed by atoms with Crippen molar-refractivity contribution in [1.82, 2.24) is 10.2 Å². The number of hydrogen-bond acceptors (Lipinski definition) is 2. The van der Waals surface area contributed by atoms with Gasteiger partial charge in [-0.05, 0) is 31.0 Å². The third-order valence-electron chi connectivity index (χ3n) is 4.08. The number of fused-ring (bicyclic) bond motifs is 4. The molecule has 5 heteroatoms. The van der Waals surface area contributed by atoms with E-state index in [0.29, 0.717) is 12.4 Å². The van der Waals surface area contributed by atoms with Crippen molar-refractivity contribution in [3.8, 4) is 5.75 Å². The maximum Gasteiger partial charge on any atom is 0.320 e. The average molecular weight is 295 g/mol. The van der Waals surface area contributed by atoms with Gasteiger partial charge in [0, 0.05) is 24.4 Å². The van der Waals surface area contributed by atoms with E-state index < -0.39 is 5.72 Å². The number of carbonyl (C=O) groups excluding carboxylic acids is 1. The van der Waals surface area contributed by atoms with Gasteiger partial charge in [-0.25, -0.2) is 4.79 Å². The molecule has 2 atom stereocenters. The van der Waals surface area contributed by atoms with Crippen molar-refractivity contribution in [3.05, 3.63) is 29.3 Å². The smallest absolute Gasteiger partial charge is 0.320 e. The normalized spacial score (nSPS) is 27.6. The van der Waals surface area contributed by atoms with Crippen LogP contribution in [-0.4, -0.2) is 23.2 Å². The fourth-order valence-corrected chi connectivity index (χ4v) is 3.28. The van der Waals surface area contributed by atoms with E-state index >= 15 is 0 Å². The third-order valence-corrected chi connectivity index (χ3v) is 4.39. The molecule has 1 saturated heterocycles. The largest absolute Gasteiger partial charge is 0.468 e. The molecule has 4 nitrogen and oxygen atoms in total. The fraction of sp³-hybridized carbons (Fsp3) is 0.533. The van der Waals surface area contributed by atoms with Gasteiger partial charge in [-0.15, -0.1) is 11.6 Å². The first kappa shape index (κ1) is 13.6. The van der Waals surface area contributed by atoms with Crippen molar-refractivity contribution < 1.29 is 9.53 Å². The number of alkyl halides is 1. The summed E-state index contributed by atoms with van der Waals surface area (Å²) in [5, 5.41) is 3.08. The van der Waals surface area contributed by atoms with Crippen molar-refractivity contribution in [2.75, 3.05) is 6.54 Å². The van der Waals surface area contributed by atoms with Gasteiger partial charge >= 0.3 is 6.03 Å². The molecule has 2 unspecified atom stereocenters. The summed E-state index contributed by atoms with van der Waals surface area (Å²) in [6, 6.07) is 5.92. The van der Waals surface area contributed by atoms with Crippen LogP contribution in [0.25, 0.3) is 0 Å². The zero-order valence-electron chi connectivity index (χ0n) is 11.8. The van der Waals surface area contributed by atoms with Gasteiger partial charge in [-0.1, -0.05) is 13.0 Å². The highest BCUT2D eigenvalue weighted by Gasteiger charge is 2.48. The van der Waals surface area contributed by atoms with Crippen molar-refractivity contribution in [3.63, 3.8) is 0 Å². The molecule has 0 aliphatic carbocycles. The van der Waals surface area contributed by atoms with Crippen LogP contribution >= 0.6 is 11.6 Å². The number of nitrogens with one attached hydrogen (secondary N) is 1. The Morgan fingerprint density at radius 2 is 2.35 bits per heavy atom. The molecule has 2 amide bonds. The summed E-state index contributed by atoms with van der Waals surface area (Å²) in [5.74, 6) is 1.31. The minimum Gasteiger partial charge on any atom is -0.468 e. The van der Waals surface area contributed by atoms with E-state index in [9.17, 15) is 4.79 Å². The molecule has 2 aliphatic rings. The van der Waals surface area contributed by atoms with Crippen LogP contribution in [0.5, 0.6) is 5.75 Å². The summed E-state index contributed by atoms with van der Waals surface area (Å²) in [4.78, 5) is 14.1. The molecule has 3 rings (SSSR count). The molecule has 0 saturated carbocycles. The van der Waals surface area contributed by atoms with E-state index in [4.69, 9.17) is 16.3 Å². The molecule has 20 heavy (non-hydrogen) atoms. The van der Waals surface area contributed by atoms with Gasteiger partial charge in [0.15, 0.2) is 5.72 Å². The molecule has 0 spiro atoms. The zero-order chi connectivity index (χ0) is 14.3. The van der Waals surface area contributed by atoms with Crippen molar-refractivity contribution in [2.45, 2.75) is 44.3 Å². The Bertz CT molecular complexity index is 549. The van der Waals surface area contributed by atoms with Gasteiger partial charge in [0.2, 0.25) is 0 Å². The summed E-state index contributed by atoms with van der Waals surface area (Å²) < 4.78 is 6.15. The maximum atomic E-state index is 12.3. The van der Waals surface area contributed by atoms with E-state index in [1.165, 1.54) is 0 Å². The Hall–Kier alpha value is -1.42. The van der Waals surface area contributed by atoms with E-state index in [-0.39, 0.29) is 12.1 Å². The van der Waals surface area contributed by atoms with Gasteiger partial charge in [0.05, 0.1) is 6.04 Å². The first-order valence-electron chi connectivity index (χ1n) is 7.03. The van der Waals surface area contributed by atoms with Crippen LogP contribution in [0.1, 0.15) is 43.9 Å². The lowest BCUT2D eigenvalue weighted by atomic mass is 9.89. The second-order valence-electron chi connectivity index (χ2n) is 5.64. The standard InChI is InChI=1S/C15H19ClN2O2/c1-3-6-18-14(19)17-12-8-15(18,2)20-13-5-4-10(9-16)7-11(12)13/h4-5,7,12H,3,6,8-9H2,1-2H3,(H,17,19). The van der Waals surface area contributed by atoms with Crippen LogP contribution in [0.3, 0.4) is 0 Å². The Morgan fingerprint density at radius 3 is 3.05 bits per heavy atom. The van der Waals surface area contributed by atoms with E-state index in [0.717, 1.165) is 29.7 Å². The van der Waals surface area contributed by atoms with Crippen molar-refractivity contribution >= 4 is 17.6 Å². The molecule has 2 bridgehead atoms. The highest BCUT2D eigenvalue weighted by atomic mass is 35.5. The lowest BCUT2D eigenvalue weighted by Gasteiger charge is -2.50. The quantitative estimate of drug-likeness (QED) is 0.868. The predicted molar refractivity (Wildman–Crippen MR) is 77.9 cm³/mol. The Morgan fingerprint density at radius 1 is 1.55 bits per heavy atom. The number of hydrogen-bond donors (Lipinski definition) is 1. The van der Waals surface area contributed by atoms with Crippen LogP contribution in [0.4, 0.5) is 4.79 Å². The molecule has 1 fully saturated rings. The summed E-state index contributed by atoms with van der Waals surface area (Å²) in [7, 11) is 0. The number of carbonyl (C=O) groups is 1. The fourth-order valence-electron chi connectivity index (χ4n) is 3.11. The topological polar surface area (TPSA) is 41.6 Å². The van der Waals surface area contributed by atoms with E-state index in [1.807, 2.05) is 25.1 Å². The first-order valence-corrected chi connectivity index (χ1v) is 7.57. The van der Waals surface area contributed by atoms with Gasteiger partial charge < -0.3 is 10.1 Å². The molecule has 0 radical (unpaired) electrons. The lowest BCUT2D eigenvalue weighted by molar-refractivity contribution is -0.0836. The van der Waals surface area contributed by atoms with E-state index in [2.05, 4.69) is 12.2 Å². The molecule has 0 aromatic heterocycles. The van der Waals surface area contributed by atoms with Crippen LogP contribution in [0, 0.1) is 0 Å². The molecular weight excluding hydrogens is 276 g/mol. The molecule has 2 aliphatic heterocycles. The summed E-state index contributed by atoms with van der Waals surface area (Å²) >= 11 is 5.89. The second kappa shape index (κ2) is 4.85. The van der Waals surface area contributed by atoms with E-state index in [1.54, 1.807) is 4.90 Å². The lowest BCUT2D eigenvalue weighted by Crippen LogP contribution is -2.64. The molecule has 108 valence electrons. The number of halogens is 1. The Balaban J connectivity index is 2.00. The second-order valence-corrected chi connectivity index (χ2v) is 5.91. The van der Waals surface area contributed by atoms with Crippen LogP contribution in [-0.2, 0) is 5.88 Å². The summed E-state index contributed by atoms with van der Waals surface area (Å²) in [5.41, 5.74) is 1.52. The molecule has 1 aromatic rings. The highest BCUT2D eigenvalue weighted by Crippen LogP contribution is 2.44. The minimum absolute atomic E-state index is 0.00697. The Labute approximate surface area is 124 Å². The number of benzene rings is 1. The summed E-state index contributed by atoms with van der Waals surface area (Å²) in [6.07, 6.45) is 1.67. The Kier molecular flexibility index (Phi) is 3.28. The predicted octanol–water partition coefficient (Wildman–Crippen LogP) is 3.40. The maximum absolute atomic E-state index is 12.3. The number of nitrogens with zero attached hydrogens (tertiary/aromatic N) is 1. The van der Waals surface area contributed by atoms with Crippen LogP contribution < -0.4 is 10.1 Å². The zero-order valence-corrected chi connectivity index (χ0v) is 12.5. The SMILES string of the molecule is CCCN1C(=O)NC2CC1(C)Oc1ccc(CCl)cc12. The van der Waals surface area contributed by atoms with Gasteiger partial charge in [-0.3, -0.25) is 4.90 Å². The summed E-state index contributed by atoms with van der Waals surface area (Å²) in [6.45, 7) is 4.75. The van der Waals surface area contributed by atoms with Crippen LogP contribution in [0.15, 0.2) is 18.2 Å². The molecule has 1 N–H and O–H groups in total. The average Bonchev–Trinajstić information content (AvgIpc) is 2.43. The number of amides is 2. The van der Waals surface area contributed by atoms with Gasteiger partial charge in [0.25, 0.3) is 0 Å². The van der Waals surface area contributed by atoms with Crippen LogP contribution in [0.2, 0.25) is 0 Å².